The van der Waals surface area contributed by atoms with Crippen molar-refractivity contribution in [2.75, 3.05) is 0 Å². The summed E-state index contributed by atoms with van der Waals surface area (Å²) in [6, 6.07) is 19.3. The molecule has 132 valence electrons. The van der Waals surface area contributed by atoms with Crippen molar-refractivity contribution < 1.29 is 9.53 Å². The van der Waals surface area contributed by atoms with Gasteiger partial charge in [0.2, 0.25) is 0 Å². The Labute approximate surface area is 156 Å². The second-order valence-corrected chi connectivity index (χ2v) is 10.9. The van der Waals surface area contributed by atoms with Gasteiger partial charge in [-0.25, -0.2) is 4.79 Å². The number of benzene rings is 2. The molecule has 1 heterocycles. The largest absolute Gasteiger partial charge is 0.423 e. The van der Waals surface area contributed by atoms with Crippen molar-refractivity contribution in [1.82, 2.24) is 0 Å². The minimum atomic E-state index is -0.435. The molecule has 0 amide bonds. The van der Waals surface area contributed by atoms with Crippen molar-refractivity contribution in [1.29, 1.82) is 0 Å². The maximum atomic E-state index is 12.1. The third-order valence-electron chi connectivity index (χ3n) is 5.19. The number of hydrogen-bond acceptors (Lipinski definition) is 2. The van der Waals surface area contributed by atoms with Gasteiger partial charge in [0, 0.05) is 13.8 Å². The summed E-state index contributed by atoms with van der Waals surface area (Å²) in [4.78, 5) is 12.1. The average Bonchev–Trinajstić information content (AvgIpc) is 2.64. The first kappa shape index (κ1) is 18.2. The van der Waals surface area contributed by atoms with Gasteiger partial charge in [-0.1, -0.05) is 55.2 Å². The summed E-state index contributed by atoms with van der Waals surface area (Å²) in [5.74, 6) is 0.926. The highest BCUT2D eigenvalue weighted by Crippen LogP contribution is 2.35. The number of carbonyl (C=O) groups excluding carboxylic acids is 1. The lowest BCUT2D eigenvalue weighted by Gasteiger charge is -2.27. The van der Waals surface area contributed by atoms with Gasteiger partial charge in [-0.05, 0) is 60.7 Å². The zero-order chi connectivity index (χ0) is 17.6. The van der Waals surface area contributed by atoms with Crippen molar-refractivity contribution in [3.05, 3.63) is 64.7 Å². The fourth-order valence-electron chi connectivity index (χ4n) is 3.75. The molecule has 0 bridgehead atoms. The highest BCUT2D eigenvalue weighted by molar-refractivity contribution is 6.59. The Hall–Kier alpha value is -1.58. The van der Waals surface area contributed by atoms with E-state index in [2.05, 4.69) is 19.1 Å². The van der Waals surface area contributed by atoms with E-state index in [4.69, 9.17) is 16.3 Å². The van der Waals surface area contributed by atoms with E-state index in [1.54, 1.807) is 24.3 Å². The van der Waals surface area contributed by atoms with E-state index in [1.165, 1.54) is 43.0 Å². The van der Waals surface area contributed by atoms with Crippen LogP contribution in [-0.4, -0.2) is 14.8 Å². The van der Waals surface area contributed by atoms with Crippen LogP contribution in [-0.2, 0) is 0 Å². The zero-order valence-corrected chi connectivity index (χ0v) is 16.6. The first-order chi connectivity index (χ1) is 12.2. The summed E-state index contributed by atoms with van der Waals surface area (Å²) >= 11 is 5.84. The predicted octanol–water partition coefficient (Wildman–Crippen LogP) is 6.07. The minimum Gasteiger partial charge on any atom is -0.423 e. The van der Waals surface area contributed by atoms with Crippen LogP contribution in [0.2, 0.25) is 23.2 Å². The van der Waals surface area contributed by atoms with Gasteiger partial charge >= 0.3 is 5.97 Å². The lowest BCUT2D eigenvalue weighted by Crippen LogP contribution is -2.20. The molecule has 1 aliphatic rings. The summed E-state index contributed by atoms with van der Waals surface area (Å²) in [5.41, 5.74) is 1.89. The van der Waals surface area contributed by atoms with Gasteiger partial charge < -0.3 is 4.74 Å². The molecule has 2 nitrogen and oxygen atoms in total. The molecular formula is C21H25ClO2Si. The summed E-state index contributed by atoms with van der Waals surface area (Å²) < 4.78 is 5.46. The molecule has 0 spiro atoms. The molecule has 0 N–H and O–H groups in total. The van der Waals surface area contributed by atoms with E-state index in [9.17, 15) is 4.79 Å². The van der Waals surface area contributed by atoms with Crippen LogP contribution in [0.5, 0.6) is 5.75 Å². The Balaban J connectivity index is 1.57. The van der Waals surface area contributed by atoms with Crippen molar-refractivity contribution >= 4 is 26.4 Å². The third-order valence-corrected chi connectivity index (χ3v) is 9.13. The number of ether oxygens (including phenoxy) is 1. The summed E-state index contributed by atoms with van der Waals surface area (Å²) in [6.07, 6.45) is 4.02. The van der Waals surface area contributed by atoms with Crippen LogP contribution in [0.15, 0.2) is 48.5 Å². The number of halogens is 1. The van der Waals surface area contributed by atoms with Crippen LogP contribution in [0.1, 0.15) is 48.0 Å². The standard InChI is InChI=1S/C21H25ClO2Si/c1-2-13-25-14-11-17(12-15-25)16-5-9-20(10-6-16)24-21(23)18-3-7-19(22)8-4-18/h3-10,17,25H,2,11-15H2,1H3/t17-,25-. The van der Waals surface area contributed by atoms with E-state index < -0.39 is 8.80 Å². The molecular weight excluding hydrogens is 348 g/mol. The van der Waals surface area contributed by atoms with Crippen LogP contribution in [0.4, 0.5) is 0 Å². The SMILES string of the molecule is CCC[Si@H]1CC[C@H](c2ccc(OC(=O)c3ccc(Cl)cc3)cc2)CC1. The molecule has 0 unspecified atom stereocenters. The van der Waals surface area contributed by atoms with Gasteiger partial charge in [0.05, 0.1) is 5.56 Å². The van der Waals surface area contributed by atoms with Crippen LogP contribution in [0.25, 0.3) is 0 Å². The fraction of sp³-hybridized carbons (Fsp3) is 0.381. The van der Waals surface area contributed by atoms with Crippen LogP contribution < -0.4 is 4.74 Å². The van der Waals surface area contributed by atoms with Crippen molar-refractivity contribution in [3.63, 3.8) is 0 Å². The van der Waals surface area contributed by atoms with Crippen LogP contribution in [0, 0.1) is 0 Å². The lowest BCUT2D eigenvalue weighted by atomic mass is 9.93. The molecule has 25 heavy (non-hydrogen) atoms. The normalized spacial score (nSPS) is 20.2. The Bertz CT molecular complexity index is 689. The van der Waals surface area contributed by atoms with Gasteiger partial charge in [0.15, 0.2) is 0 Å². The smallest absolute Gasteiger partial charge is 0.343 e. The monoisotopic (exact) mass is 372 g/mol. The first-order valence-electron chi connectivity index (χ1n) is 9.23. The maximum Gasteiger partial charge on any atom is 0.343 e. The molecule has 0 aliphatic carbocycles. The quantitative estimate of drug-likeness (QED) is 0.361. The van der Waals surface area contributed by atoms with E-state index in [1.807, 2.05) is 12.1 Å². The Morgan fingerprint density at radius 3 is 2.32 bits per heavy atom. The van der Waals surface area contributed by atoms with Crippen molar-refractivity contribution in [3.8, 4) is 5.75 Å². The minimum absolute atomic E-state index is 0.351. The van der Waals surface area contributed by atoms with E-state index in [0.29, 0.717) is 22.3 Å². The Kier molecular flexibility index (Phi) is 6.32. The predicted molar refractivity (Wildman–Crippen MR) is 107 cm³/mol. The lowest BCUT2D eigenvalue weighted by molar-refractivity contribution is 0.0734. The topological polar surface area (TPSA) is 26.3 Å². The average molecular weight is 373 g/mol. The highest BCUT2D eigenvalue weighted by Gasteiger charge is 2.22. The Morgan fingerprint density at radius 2 is 1.72 bits per heavy atom. The van der Waals surface area contributed by atoms with Crippen molar-refractivity contribution in [2.45, 2.75) is 50.2 Å². The molecule has 1 fully saturated rings. The Morgan fingerprint density at radius 1 is 1.08 bits per heavy atom. The van der Waals surface area contributed by atoms with Gasteiger partial charge in [-0.3, -0.25) is 0 Å². The molecule has 3 rings (SSSR count). The summed E-state index contributed by atoms with van der Waals surface area (Å²) in [5, 5.41) is 0.609. The molecule has 1 saturated heterocycles. The number of hydrogen-bond donors (Lipinski definition) is 0. The highest BCUT2D eigenvalue weighted by atomic mass is 35.5. The van der Waals surface area contributed by atoms with Gasteiger partial charge in [-0.2, -0.15) is 0 Å². The molecule has 1 aliphatic heterocycles. The van der Waals surface area contributed by atoms with Gasteiger partial charge in [-0.15, -0.1) is 0 Å². The van der Waals surface area contributed by atoms with Gasteiger partial charge in [0.1, 0.15) is 5.75 Å². The summed E-state index contributed by atoms with van der Waals surface area (Å²) in [6.45, 7) is 2.31. The maximum absolute atomic E-state index is 12.1. The van der Waals surface area contributed by atoms with Crippen LogP contribution >= 0.6 is 11.6 Å². The number of esters is 1. The van der Waals surface area contributed by atoms with Crippen molar-refractivity contribution in [2.24, 2.45) is 0 Å². The second kappa shape index (κ2) is 8.68. The number of carbonyl (C=O) groups is 1. The molecule has 0 aromatic heterocycles. The zero-order valence-electron chi connectivity index (χ0n) is 14.7. The van der Waals surface area contributed by atoms with E-state index in [0.717, 1.165) is 0 Å². The van der Waals surface area contributed by atoms with E-state index in [-0.39, 0.29) is 5.97 Å². The fourth-order valence-corrected chi connectivity index (χ4v) is 7.31. The first-order valence-corrected chi connectivity index (χ1v) is 12.1. The summed E-state index contributed by atoms with van der Waals surface area (Å²) in [7, 11) is -0.435. The molecule has 0 saturated carbocycles. The van der Waals surface area contributed by atoms with Crippen LogP contribution in [0.3, 0.4) is 0 Å². The van der Waals surface area contributed by atoms with Gasteiger partial charge in [0.25, 0.3) is 0 Å². The molecule has 0 radical (unpaired) electrons. The van der Waals surface area contributed by atoms with E-state index >= 15 is 0 Å². The second-order valence-electron chi connectivity index (χ2n) is 6.97. The molecule has 2 aromatic rings. The number of rotatable bonds is 5. The molecule has 4 heteroatoms. The molecule has 0 atom stereocenters. The third kappa shape index (κ3) is 4.96. The molecule has 2 aromatic carbocycles.